The fraction of sp³-hybridized carbons (Fsp3) is 0.333. The van der Waals surface area contributed by atoms with Gasteiger partial charge in [0.25, 0.3) is 0 Å². The van der Waals surface area contributed by atoms with E-state index in [-0.39, 0.29) is 0 Å². The van der Waals surface area contributed by atoms with Crippen molar-refractivity contribution < 1.29 is 0 Å². The molecule has 5 nitrogen and oxygen atoms in total. The summed E-state index contributed by atoms with van der Waals surface area (Å²) >= 11 is 5.19. The predicted octanol–water partition coefficient (Wildman–Crippen LogP) is 1.73. The van der Waals surface area contributed by atoms with Gasteiger partial charge >= 0.3 is 0 Å². The fourth-order valence-corrected chi connectivity index (χ4v) is 1.86. The van der Waals surface area contributed by atoms with Crippen molar-refractivity contribution in [2.24, 2.45) is 0 Å². The van der Waals surface area contributed by atoms with E-state index in [1.165, 1.54) is 19.2 Å². The van der Waals surface area contributed by atoms with Gasteiger partial charge in [0.1, 0.15) is 12.0 Å². The quantitative estimate of drug-likeness (QED) is 0.781. The first-order valence-corrected chi connectivity index (χ1v) is 5.20. The van der Waals surface area contributed by atoms with Crippen molar-refractivity contribution in [3.63, 3.8) is 0 Å². The molecule has 3 rings (SSSR count). The number of H-pyrrole nitrogens is 1. The molecule has 2 aromatic heterocycles. The van der Waals surface area contributed by atoms with E-state index in [0.717, 1.165) is 11.5 Å². The molecule has 2 aromatic rings. The third-order valence-electron chi connectivity index (χ3n) is 2.43. The van der Waals surface area contributed by atoms with Gasteiger partial charge in [-0.3, -0.25) is 9.67 Å². The number of nitrogens with zero attached hydrogens (tertiary/aromatic N) is 4. The molecule has 0 aromatic carbocycles. The summed E-state index contributed by atoms with van der Waals surface area (Å²) in [6.45, 7) is 0. The van der Waals surface area contributed by atoms with Crippen molar-refractivity contribution >= 4 is 12.2 Å². The Morgan fingerprint density at radius 2 is 2.33 bits per heavy atom. The van der Waals surface area contributed by atoms with Crippen LogP contribution in [0.25, 0.3) is 11.5 Å². The SMILES string of the molecule is S=c1[nH]nc(-c2ccncn2)n1C1CC1. The Morgan fingerprint density at radius 1 is 1.47 bits per heavy atom. The highest BCUT2D eigenvalue weighted by Crippen LogP contribution is 2.37. The van der Waals surface area contributed by atoms with Gasteiger partial charge in [-0.1, -0.05) is 0 Å². The molecular weight excluding hydrogens is 210 g/mol. The van der Waals surface area contributed by atoms with E-state index in [2.05, 4.69) is 20.2 Å². The second kappa shape index (κ2) is 3.23. The van der Waals surface area contributed by atoms with Crippen molar-refractivity contribution in [2.75, 3.05) is 0 Å². The third kappa shape index (κ3) is 1.46. The number of nitrogens with one attached hydrogen (secondary N) is 1. The highest BCUT2D eigenvalue weighted by Gasteiger charge is 2.27. The number of hydrogen-bond acceptors (Lipinski definition) is 4. The summed E-state index contributed by atoms with van der Waals surface area (Å²) in [6, 6.07) is 2.34. The molecule has 15 heavy (non-hydrogen) atoms. The van der Waals surface area contributed by atoms with E-state index in [0.29, 0.717) is 10.8 Å². The zero-order chi connectivity index (χ0) is 10.3. The molecular formula is C9H9N5S. The predicted molar refractivity (Wildman–Crippen MR) is 56.7 cm³/mol. The van der Waals surface area contributed by atoms with E-state index in [9.17, 15) is 0 Å². The monoisotopic (exact) mass is 219 g/mol. The first kappa shape index (κ1) is 8.72. The molecule has 76 valence electrons. The van der Waals surface area contributed by atoms with Gasteiger partial charge in [0.2, 0.25) is 0 Å². The molecule has 0 radical (unpaired) electrons. The number of hydrogen-bond donors (Lipinski definition) is 1. The van der Waals surface area contributed by atoms with Gasteiger partial charge in [0.05, 0.1) is 0 Å². The number of rotatable bonds is 2. The minimum atomic E-state index is 0.501. The van der Waals surface area contributed by atoms with Gasteiger partial charge in [0.15, 0.2) is 10.6 Å². The average Bonchev–Trinajstić information content (AvgIpc) is 3.03. The summed E-state index contributed by atoms with van der Waals surface area (Å²) in [5.41, 5.74) is 0.809. The molecule has 1 saturated carbocycles. The molecule has 0 amide bonds. The van der Waals surface area contributed by atoms with Crippen molar-refractivity contribution in [1.29, 1.82) is 0 Å². The van der Waals surface area contributed by atoms with Crippen LogP contribution >= 0.6 is 12.2 Å². The fourth-order valence-electron chi connectivity index (χ4n) is 1.58. The van der Waals surface area contributed by atoms with Crippen LogP contribution in [0.1, 0.15) is 18.9 Å². The zero-order valence-corrected chi connectivity index (χ0v) is 8.74. The molecule has 1 fully saturated rings. The van der Waals surface area contributed by atoms with Crippen LogP contribution in [-0.4, -0.2) is 24.7 Å². The minimum absolute atomic E-state index is 0.501. The highest BCUT2D eigenvalue weighted by molar-refractivity contribution is 7.71. The van der Waals surface area contributed by atoms with E-state index >= 15 is 0 Å². The molecule has 2 heterocycles. The smallest absolute Gasteiger partial charge is 0.195 e. The molecule has 0 saturated heterocycles. The minimum Gasteiger partial charge on any atom is -0.296 e. The summed E-state index contributed by atoms with van der Waals surface area (Å²) in [7, 11) is 0. The van der Waals surface area contributed by atoms with Gasteiger partial charge in [-0.25, -0.2) is 9.97 Å². The van der Waals surface area contributed by atoms with Crippen LogP contribution in [0.5, 0.6) is 0 Å². The van der Waals surface area contributed by atoms with Crippen molar-refractivity contribution in [3.8, 4) is 11.5 Å². The molecule has 1 aliphatic rings. The molecule has 0 atom stereocenters. The Kier molecular flexibility index (Phi) is 1.88. The molecule has 6 heteroatoms. The normalized spacial score (nSPS) is 15.5. The lowest BCUT2D eigenvalue weighted by Gasteiger charge is -2.02. The average molecular weight is 219 g/mol. The maximum Gasteiger partial charge on any atom is 0.195 e. The second-order valence-corrected chi connectivity index (χ2v) is 3.93. The second-order valence-electron chi connectivity index (χ2n) is 3.55. The Bertz CT molecular complexity index is 525. The zero-order valence-electron chi connectivity index (χ0n) is 7.92. The van der Waals surface area contributed by atoms with Gasteiger partial charge in [0, 0.05) is 12.2 Å². The lowest BCUT2D eigenvalue weighted by atomic mass is 10.4. The summed E-state index contributed by atoms with van der Waals surface area (Å²) in [5, 5.41) is 7.02. The Balaban J connectivity index is 2.16. The largest absolute Gasteiger partial charge is 0.296 e. The van der Waals surface area contributed by atoms with Crippen LogP contribution < -0.4 is 0 Å². The topological polar surface area (TPSA) is 59.4 Å². The van der Waals surface area contributed by atoms with Crippen molar-refractivity contribution in [3.05, 3.63) is 23.4 Å². The Morgan fingerprint density at radius 3 is 3.00 bits per heavy atom. The van der Waals surface area contributed by atoms with Crippen molar-refractivity contribution in [2.45, 2.75) is 18.9 Å². The first-order chi connectivity index (χ1) is 7.36. The lowest BCUT2D eigenvalue weighted by molar-refractivity contribution is 0.732. The summed E-state index contributed by atoms with van der Waals surface area (Å²) in [5.74, 6) is 0.810. The van der Waals surface area contributed by atoms with Crippen LogP contribution in [0, 0.1) is 4.77 Å². The van der Waals surface area contributed by atoms with Crippen molar-refractivity contribution in [1.82, 2.24) is 24.7 Å². The van der Waals surface area contributed by atoms with E-state index < -0.39 is 0 Å². The number of aromatic nitrogens is 5. The van der Waals surface area contributed by atoms with Crippen LogP contribution in [0.3, 0.4) is 0 Å². The molecule has 0 bridgehead atoms. The van der Waals surface area contributed by atoms with Crippen LogP contribution in [0.2, 0.25) is 0 Å². The molecule has 1 N–H and O–H groups in total. The lowest BCUT2D eigenvalue weighted by Crippen LogP contribution is -1.98. The molecule has 1 aliphatic carbocycles. The summed E-state index contributed by atoms with van der Waals surface area (Å²) in [4.78, 5) is 8.06. The molecule has 0 spiro atoms. The maximum absolute atomic E-state index is 5.19. The van der Waals surface area contributed by atoms with Gasteiger partial charge in [-0.2, -0.15) is 5.10 Å². The van der Waals surface area contributed by atoms with E-state index in [1.807, 2.05) is 10.6 Å². The Hall–Kier alpha value is -1.56. The van der Waals surface area contributed by atoms with Gasteiger partial charge < -0.3 is 0 Å². The standard InChI is InChI=1S/C9H9N5S/c15-9-13-12-8(14(9)6-1-2-6)7-3-4-10-5-11-7/h3-6H,1-2H2,(H,13,15). The van der Waals surface area contributed by atoms with Crippen LogP contribution in [-0.2, 0) is 0 Å². The molecule has 0 unspecified atom stereocenters. The summed E-state index contributed by atoms with van der Waals surface area (Å²) in [6.07, 6.45) is 5.57. The van der Waals surface area contributed by atoms with Crippen LogP contribution in [0.4, 0.5) is 0 Å². The van der Waals surface area contributed by atoms with Crippen LogP contribution in [0.15, 0.2) is 18.6 Å². The summed E-state index contributed by atoms with van der Waals surface area (Å²) < 4.78 is 2.71. The van der Waals surface area contributed by atoms with Gasteiger partial charge in [-0.05, 0) is 31.1 Å². The van der Waals surface area contributed by atoms with Gasteiger partial charge in [-0.15, -0.1) is 0 Å². The molecule has 0 aliphatic heterocycles. The first-order valence-electron chi connectivity index (χ1n) is 4.79. The highest BCUT2D eigenvalue weighted by atomic mass is 32.1. The number of aromatic amines is 1. The maximum atomic E-state index is 5.19. The van der Waals surface area contributed by atoms with E-state index in [1.54, 1.807) is 6.20 Å². The van der Waals surface area contributed by atoms with E-state index in [4.69, 9.17) is 12.2 Å². The Labute approximate surface area is 91.2 Å². The third-order valence-corrected chi connectivity index (χ3v) is 2.72.